The Bertz CT molecular complexity index is 940. The van der Waals surface area contributed by atoms with Gasteiger partial charge in [-0.25, -0.2) is 0 Å². The molecule has 31 heavy (non-hydrogen) atoms. The van der Waals surface area contributed by atoms with Crippen molar-refractivity contribution >= 4 is 17.7 Å². The van der Waals surface area contributed by atoms with Gasteiger partial charge in [-0.1, -0.05) is 13.8 Å². The second-order valence-electron chi connectivity index (χ2n) is 11.1. The Balaban J connectivity index is 1.52. The second-order valence-corrected chi connectivity index (χ2v) is 11.1. The van der Waals surface area contributed by atoms with Gasteiger partial charge < -0.3 is 19.3 Å². The van der Waals surface area contributed by atoms with Crippen LogP contribution in [0.1, 0.15) is 58.8 Å². The third kappa shape index (κ3) is 2.06. The van der Waals surface area contributed by atoms with Crippen molar-refractivity contribution in [2.75, 3.05) is 7.11 Å². The lowest BCUT2D eigenvalue weighted by Crippen LogP contribution is -2.66. The van der Waals surface area contributed by atoms with Gasteiger partial charge in [-0.2, -0.15) is 0 Å². The van der Waals surface area contributed by atoms with Gasteiger partial charge in [-0.05, 0) is 49.7 Å². The number of hydrogen-bond acceptors (Lipinski definition) is 7. The minimum atomic E-state index is -1.08. The van der Waals surface area contributed by atoms with Gasteiger partial charge in [0, 0.05) is 29.6 Å². The second kappa shape index (κ2) is 5.79. The molecule has 0 aromatic rings. The largest absolute Gasteiger partial charge is 0.469 e. The first-order chi connectivity index (χ1) is 14.6. The maximum Gasteiger partial charge on any atom is 0.312 e. The highest BCUT2D eigenvalue weighted by Crippen LogP contribution is 2.78. The van der Waals surface area contributed by atoms with Gasteiger partial charge in [0.25, 0.3) is 0 Å². The Morgan fingerprint density at radius 2 is 1.97 bits per heavy atom. The summed E-state index contributed by atoms with van der Waals surface area (Å²) in [5.74, 6) is -1.59. The van der Waals surface area contributed by atoms with Crippen LogP contribution in [-0.2, 0) is 28.6 Å². The van der Waals surface area contributed by atoms with Crippen LogP contribution < -0.4 is 0 Å². The van der Waals surface area contributed by atoms with Crippen molar-refractivity contribution in [2.45, 2.75) is 82.2 Å². The number of aliphatic hydroxyl groups is 1. The summed E-state index contributed by atoms with van der Waals surface area (Å²) < 4.78 is 17.7. The quantitative estimate of drug-likeness (QED) is 0.502. The van der Waals surface area contributed by atoms with E-state index >= 15 is 0 Å². The Labute approximate surface area is 181 Å². The van der Waals surface area contributed by atoms with E-state index in [-0.39, 0.29) is 35.1 Å². The zero-order valence-electron chi connectivity index (χ0n) is 18.3. The zero-order chi connectivity index (χ0) is 22.0. The first-order valence-electron chi connectivity index (χ1n) is 11.5. The maximum absolute atomic E-state index is 13.1. The Morgan fingerprint density at radius 1 is 1.19 bits per heavy atom. The number of carbonyl (C=O) groups is 3. The van der Waals surface area contributed by atoms with E-state index in [4.69, 9.17) is 14.2 Å². The summed E-state index contributed by atoms with van der Waals surface area (Å²) in [4.78, 5) is 37.5. The first kappa shape index (κ1) is 19.9. The molecule has 6 rings (SSSR count). The van der Waals surface area contributed by atoms with Crippen molar-refractivity contribution in [2.24, 2.45) is 28.6 Å². The molecule has 3 unspecified atom stereocenters. The number of esters is 2. The zero-order valence-corrected chi connectivity index (χ0v) is 18.3. The van der Waals surface area contributed by atoms with Crippen LogP contribution in [0.4, 0.5) is 0 Å². The molecule has 3 saturated carbocycles. The standard InChI is InChI=1S/C24H30O7/c1-21-7-4-12(25)10-14(21)19(27)17(20(28)29-3)18-13-5-8-23(9-6-16(26)31-23)22(13,2)11-15-24(18,21)30-15/h10,13,15,17-19,27H,4-9,11H2,1-3H3/t13?,15-,17?,18?,19-,21-,22-,23+,24+/m0/s1. The van der Waals surface area contributed by atoms with Crippen LogP contribution in [0.3, 0.4) is 0 Å². The predicted molar refractivity (Wildman–Crippen MR) is 107 cm³/mol. The number of epoxide rings is 1. The van der Waals surface area contributed by atoms with E-state index in [9.17, 15) is 19.5 Å². The fraction of sp³-hybridized carbons (Fsp3) is 0.792. The predicted octanol–water partition coefficient (Wildman–Crippen LogP) is 2.10. The van der Waals surface area contributed by atoms with Gasteiger partial charge in [0.2, 0.25) is 0 Å². The molecule has 5 fully saturated rings. The number of carbonyl (C=O) groups excluding carboxylic acids is 3. The van der Waals surface area contributed by atoms with Gasteiger partial charge in [-0.3, -0.25) is 14.4 Å². The van der Waals surface area contributed by atoms with E-state index in [0.717, 1.165) is 19.3 Å². The monoisotopic (exact) mass is 430 g/mol. The molecular formula is C24H30O7. The van der Waals surface area contributed by atoms with Crippen molar-refractivity contribution in [3.05, 3.63) is 11.6 Å². The Kier molecular flexibility index (Phi) is 3.72. The fourth-order valence-electron chi connectivity index (χ4n) is 8.74. The van der Waals surface area contributed by atoms with Gasteiger partial charge in [-0.15, -0.1) is 0 Å². The van der Waals surface area contributed by atoms with Gasteiger partial charge in [0.1, 0.15) is 11.2 Å². The van der Waals surface area contributed by atoms with Crippen LogP contribution in [0.15, 0.2) is 11.6 Å². The number of hydrogen-bond donors (Lipinski definition) is 1. The van der Waals surface area contributed by atoms with Crippen LogP contribution in [0.2, 0.25) is 0 Å². The summed E-state index contributed by atoms with van der Waals surface area (Å²) in [6.45, 7) is 4.28. The molecule has 168 valence electrons. The molecule has 7 nitrogen and oxygen atoms in total. The molecular weight excluding hydrogens is 400 g/mol. The van der Waals surface area contributed by atoms with Crippen LogP contribution in [0.25, 0.3) is 0 Å². The highest BCUT2D eigenvalue weighted by Gasteiger charge is 2.84. The van der Waals surface area contributed by atoms with Gasteiger partial charge in [0.15, 0.2) is 5.78 Å². The number of rotatable bonds is 1. The lowest BCUT2D eigenvalue weighted by atomic mass is 9.43. The molecule has 0 radical (unpaired) electrons. The van der Waals surface area contributed by atoms with Gasteiger partial charge in [0.05, 0.1) is 25.2 Å². The van der Waals surface area contributed by atoms with E-state index < -0.39 is 34.6 Å². The highest BCUT2D eigenvalue weighted by molar-refractivity contribution is 5.92. The molecule has 0 aromatic heterocycles. The third-order valence-electron chi connectivity index (χ3n) is 10.3. The Morgan fingerprint density at radius 3 is 2.65 bits per heavy atom. The summed E-state index contributed by atoms with van der Waals surface area (Å²) in [5, 5.41) is 11.5. The number of ketones is 1. The number of fused-ring (bicyclic) bond motifs is 4. The maximum atomic E-state index is 13.1. The van der Waals surface area contributed by atoms with E-state index in [1.807, 2.05) is 0 Å². The molecule has 7 heteroatoms. The number of methoxy groups -OCH3 is 1. The molecule has 4 aliphatic carbocycles. The SMILES string of the molecule is COC(=O)C1C2C3CC[C@@]4(CCC(=O)O4)[C@@]3(C)C[C@@H]3O[C@@]23[C@@]2(C)CCC(=O)C=C2[C@@H]1O. The lowest BCUT2D eigenvalue weighted by molar-refractivity contribution is -0.179. The van der Waals surface area contributed by atoms with Crippen molar-refractivity contribution in [3.8, 4) is 0 Å². The molecule has 2 heterocycles. The molecule has 0 aromatic carbocycles. The highest BCUT2D eigenvalue weighted by atomic mass is 16.6. The molecule has 2 aliphatic heterocycles. The fourth-order valence-corrected chi connectivity index (χ4v) is 8.74. The summed E-state index contributed by atoms with van der Waals surface area (Å²) in [6, 6.07) is 0. The van der Waals surface area contributed by atoms with E-state index in [2.05, 4.69) is 13.8 Å². The Hall–Kier alpha value is -1.73. The van der Waals surface area contributed by atoms with Gasteiger partial charge >= 0.3 is 11.9 Å². The van der Waals surface area contributed by atoms with Crippen molar-refractivity contribution < 1.29 is 33.7 Å². The van der Waals surface area contributed by atoms with Crippen LogP contribution in [0.5, 0.6) is 0 Å². The molecule has 2 saturated heterocycles. The smallest absolute Gasteiger partial charge is 0.312 e. The number of aliphatic hydroxyl groups excluding tert-OH is 1. The average molecular weight is 430 g/mol. The molecule has 6 aliphatic rings. The molecule has 2 spiro atoms. The lowest BCUT2D eigenvalue weighted by Gasteiger charge is -2.59. The summed E-state index contributed by atoms with van der Waals surface area (Å²) in [5.41, 5.74) is -1.29. The minimum Gasteiger partial charge on any atom is -0.469 e. The summed E-state index contributed by atoms with van der Waals surface area (Å²) in [6.07, 6.45) is 4.91. The molecule has 1 N–H and O–H groups in total. The average Bonchev–Trinajstić information content (AvgIpc) is 3.23. The molecule has 9 atom stereocenters. The first-order valence-corrected chi connectivity index (χ1v) is 11.5. The number of ether oxygens (including phenoxy) is 3. The summed E-state index contributed by atoms with van der Waals surface area (Å²) >= 11 is 0. The van der Waals surface area contributed by atoms with Crippen LogP contribution in [-0.4, -0.2) is 53.3 Å². The van der Waals surface area contributed by atoms with Crippen LogP contribution >= 0.6 is 0 Å². The molecule has 0 bridgehead atoms. The van der Waals surface area contributed by atoms with E-state index in [0.29, 0.717) is 31.3 Å². The minimum absolute atomic E-state index is 0.0134. The normalized spacial score (nSPS) is 54.3. The van der Waals surface area contributed by atoms with E-state index in [1.54, 1.807) is 6.08 Å². The van der Waals surface area contributed by atoms with Crippen molar-refractivity contribution in [1.29, 1.82) is 0 Å². The van der Waals surface area contributed by atoms with Crippen LogP contribution in [0, 0.1) is 28.6 Å². The van der Waals surface area contributed by atoms with Crippen molar-refractivity contribution in [3.63, 3.8) is 0 Å². The van der Waals surface area contributed by atoms with Crippen molar-refractivity contribution in [1.82, 2.24) is 0 Å². The van der Waals surface area contributed by atoms with E-state index in [1.165, 1.54) is 7.11 Å². The summed E-state index contributed by atoms with van der Waals surface area (Å²) in [7, 11) is 1.35. The topological polar surface area (TPSA) is 102 Å². The molecule has 0 amide bonds. The third-order valence-corrected chi connectivity index (χ3v) is 10.3.